The van der Waals surface area contributed by atoms with E-state index in [2.05, 4.69) is 9.72 Å². The van der Waals surface area contributed by atoms with E-state index in [0.717, 1.165) is 10.2 Å². The Morgan fingerprint density at radius 2 is 2.17 bits per heavy atom. The van der Waals surface area contributed by atoms with Crippen LogP contribution in [0.3, 0.4) is 0 Å². The van der Waals surface area contributed by atoms with E-state index in [-0.39, 0.29) is 6.42 Å². The Bertz CT molecular complexity index is 521. The van der Waals surface area contributed by atoms with Gasteiger partial charge in [0.05, 0.1) is 29.9 Å². The van der Waals surface area contributed by atoms with Crippen molar-refractivity contribution in [2.45, 2.75) is 18.6 Å². The van der Waals surface area contributed by atoms with Crippen LogP contribution in [0.25, 0.3) is 10.2 Å². The number of carbonyl (C=O) groups is 1. The molecule has 0 aliphatic rings. The topological polar surface area (TPSA) is 79.7 Å². The summed E-state index contributed by atoms with van der Waals surface area (Å²) in [6, 6.07) is 7.44. The quantitative estimate of drug-likeness (QED) is 0.815. The molecule has 6 heteroatoms. The molecule has 0 bridgehead atoms. The molecular formula is C12H13NO4S. The fourth-order valence-corrected chi connectivity index (χ4v) is 2.56. The van der Waals surface area contributed by atoms with Crippen molar-refractivity contribution in [3.63, 3.8) is 0 Å². The molecule has 0 radical (unpaired) electrons. The average Bonchev–Trinajstić information content (AvgIpc) is 2.81. The first-order valence-corrected chi connectivity index (χ1v) is 6.22. The first-order chi connectivity index (χ1) is 8.61. The van der Waals surface area contributed by atoms with Crippen LogP contribution in [0, 0.1) is 0 Å². The van der Waals surface area contributed by atoms with Gasteiger partial charge in [-0.15, -0.1) is 11.3 Å². The van der Waals surface area contributed by atoms with Gasteiger partial charge in [-0.2, -0.15) is 0 Å². The summed E-state index contributed by atoms with van der Waals surface area (Å²) in [4.78, 5) is 15.2. The van der Waals surface area contributed by atoms with Gasteiger partial charge in [0.1, 0.15) is 11.1 Å². The summed E-state index contributed by atoms with van der Waals surface area (Å²) >= 11 is 1.30. The van der Waals surface area contributed by atoms with Crippen LogP contribution >= 0.6 is 11.3 Å². The third-order valence-corrected chi connectivity index (χ3v) is 3.64. The van der Waals surface area contributed by atoms with E-state index < -0.39 is 18.2 Å². The maximum absolute atomic E-state index is 11.0. The Labute approximate surface area is 108 Å². The van der Waals surface area contributed by atoms with Gasteiger partial charge in [-0.25, -0.2) is 4.98 Å². The molecule has 2 rings (SSSR count). The van der Waals surface area contributed by atoms with Crippen molar-refractivity contribution in [2.24, 2.45) is 0 Å². The molecule has 0 saturated carbocycles. The van der Waals surface area contributed by atoms with Gasteiger partial charge in [-0.05, 0) is 12.1 Å². The highest BCUT2D eigenvalue weighted by molar-refractivity contribution is 7.18. The van der Waals surface area contributed by atoms with Crippen LogP contribution in [0.5, 0.6) is 0 Å². The number of nitrogens with zero attached hydrogens (tertiary/aromatic N) is 1. The third kappa shape index (κ3) is 2.66. The maximum Gasteiger partial charge on any atom is 0.308 e. The van der Waals surface area contributed by atoms with Crippen LogP contribution < -0.4 is 0 Å². The number of para-hydroxylation sites is 1. The minimum atomic E-state index is -1.21. The van der Waals surface area contributed by atoms with E-state index in [1.54, 1.807) is 0 Å². The standard InChI is InChI=1S/C12H13NO4S/c1-17-10(15)6-8(14)11(16)12-13-7-4-2-3-5-9(7)18-12/h2-5,8,11,14,16H,6H2,1H3. The number of rotatable bonds is 4. The number of hydrogen-bond donors (Lipinski definition) is 2. The number of hydrogen-bond acceptors (Lipinski definition) is 6. The van der Waals surface area contributed by atoms with Crippen molar-refractivity contribution < 1.29 is 19.7 Å². The molecule has 0 spiro atoms. The largest absolute Gasteiger partial charge is 0.469 e. The first-order valence-electron chi connectivity index (χ1n) is 5.40. The van der Waals surface area contributed by atoms with E-state index in [1.807, 2.05) is 24.3 Å². The zero-order valence-corrected chi connectivity index (χ0v) is 10.6. The molecule has 0 saturated heterocycles. The highest BCUT2D eigenvalue weighted by Crippen LogP contribution is 2.28. The Kier molecular flexibility index (Phi) is 3.90. The molecule has 2 N–H and O–H groups in total. The van der Waals surface area contributed by atoms with E-state index in [0.29, 0.717) is 5.01 Å². The van der Waals surface area contributed by atoms with Crippen LogP contribution in [-0.2, 0) is 9.53 Å². The second kappa shape index (κ2) is 5.43. The van der Waals surface area contributed by atoms with Crippen molar-refractivity contribution in [1.29, 1.82) is 0 Å². The van der Waals surface area contributed by atoms with Gasteiger partial charge in [0.15, 0.2) is 0 Å². The second-order valence-electron chi connectivity index (χ2n) is 3.81. The van der Waals surface area contributed by atoms with E-state index >= 15 is 0 Å². The molecule has 2 aromatic rings. The van der Waals surface area contributed by atoms with E-state index in [9.17, 15) is 15.0 Å². The summed E-state index contributed by atoms with van der Waals surface area (Å²) in [5.74, 6) is -0.567. The zero-order valence-electron chi connectivity index (χ0n) is 9.74. The number of aliphatic hydroxyl groups excluding tert-OH is 2. The smallest absolute Gasteiger partial charge is 0.308 e. The summed E-state index contributed by atoms with van der Waals surface area (Å²) in [5, 5.41) is 20.0. The van der Waals surface area contributed by atoms with Crippen molar-refractivity contribution in [1.82, 2.24) is 4.98 Å². The Morgan fingerprint density at radius 3 is 2.83 bits per heavy atom. The monoisotopic (exact) mass is 267 g/mol. The second-order valence-corrected chi connectivity index (χ2v) is 4.87. The SMILES string of the molecule is COC(=O)CC(O)C(O)c1nc2ccccc2s1. The first kappa shape index (κ1) is 12.9. The Hall–Kier alpha value is -1.50. The van der Waals surface area contributed by atoms with Gasteiger partial charge in [0.2, 0.25) is 0 Å². The van der Waals surface area contributed by atoms with Gasteiger partial charge < -0.3 is 14.9 Å². The molecule has 1 aromatic heterocycles. The van der Waals surface area contributed by atoms with Crippen LogP contribution in [0.1, 0.15) is 17.5 Å². The number of benzene rings is 1. The normalized spacial score (nSPS) is 14.4. The van der Waals surface area contributed by atoms with Gasteiger partial charge in [-0.1, -0.05) is 12.1 Å². The highest BCUT2D eigenvalue weighted by atomic mass is 32.1. The van der Waals surface area contributed by atoms with Crippen LogP contribution in [0.2, 0.25) is 0 Å². The molecule has 1 heterocycles. The van der Waals surface area contributed by atoms with Gasteiger partial charge in [0, 0.05) is 0 Å². The summed E-state index contributed by atoms with van der Waals surface area (Å²) in [6.07, 6.45) is -2.65. The molecule has 2 atom stereocenters. The number of methoxy groups -OCH3 is 1. The average molecular weight is 267 g/mol. The number of aliphatic hydroxyl groups is 2. The summed E-state index contributed by atoms with van der Waals surface area (Å²) in [6.45, 7) is 0. The number of aromatic nitrogens is 1. The van der Waals surface area contributed by atoms with E-state index in [4.69, 9.17) is 0 Å². The molecule has 1 aromatic carbocycles. The van der Waals surface area contributed by atoms with Crippen LogP contribution in [-0.4, -0.2) is 34.4 Å². The fraction of sp³-hybridized carbons (Fsp3) is 0.333. The minimum absolute atomic E-state index is 0.256. The summed E-state index contributed by atoms with van der Waals surface area (Å²) in [7, 11) is 1.24. The number of fused-ring (bicyclic) bond motifs is 1. The number of carbonyl (C=O) groups excluding carboxylic acids is 1. The summed E-state index contributed by atoms with van der Waals surface area (Å²) < 4.78 is 5.37. The maximum atomic E-state index is 11.0. The third-order valence-electron chi connectivity index (χ3n) is 2.53. The van der Waals surface area contributed by atoms with Crippen molar-refractivity contribution in [3.05, 3.63) is 29.3 Å². The van der Waals surface area contributed by atoms with Crippen molar-refractivity contribution in [3.8, 4) is 0 Å². The van der Waals surface area contributed by atoms with Crippen LogP contribution in [0.4, 0.5) is 0 Å². The number of thiazole rings is 1. The Balaban J connectivity index is 2.17. The highest BCUT2D eigenvalue weighted by Gasteiger charge is 2.24. The zero-order chi connectivity index (χ0) is 13.1. The van der Waals surface area contributed by atoms with Crippen LogP contribution in [0.15, 0.2) is 24.3 Å². The molecule has 5 nitrogen and oxygen atoms in total. The predicted molar refractivity (Wildman–Crippen MR) is 67.2 cm³/mol. The molecule has 0 aliphatic heterocycles. The number of ether oxygens (including phenoxy) is 1. The lowest BCUT2D eigenvalue weighted by Crippen LogP contribution is -2.22. The van der Waals surface area contributed by atoms with Crippen molar-refractivity contribution >= 4 is 27.5 Å². The predicted octanol–water partition coefficient (Wildman–Crippen LogP) is 1.25. The lowest BCUT2D eigenvalue weighted by molar-refractivity contribution is -0.144. The summed E-state index contributed by atoms with van der Waals surface area (Å²) in [5.41, 5.74) is 0.766. The molecule has 96 valence electrons. The molecule has 2 unspecified atom stereocenters. The molecular weight excluding hydrogens is 254 g/mol. The lowest BCUT2D eigenvalue weighted by atomic mass is 10.1. The molecule has 18 heavy (non-hydrogen) atoms. The van der Waals surface area contributed by atoms with Gasteiger partial charge in [-0.3, -0.25) is 4.79 Å². The lowest BCUT2D eigenvalue weighted by Gasteiger charge is -2.13. The van der Waals surface area contributed by atoms with Crippen molar-refractivity contribution in [2.75, 3.05) is 7.11 Å². The Morgan fingerprint density at radius 1 is 1.44 bits per heavy atom. The van der Waals surface area contributed by atoms with E-state index in [1.165, 1.54) is 18.4 Å². The molecule has 0 fully saturated rings. The van der Waals surface area contributed by atoms with Gasteiger partial charge in [0.25, 0.3) is 0 Å². The fourth-order valence-electron chi connectivity index (χ4n) is 1.55. The number of esters is 1. The molecule has 0 amide bonds. The minimum Gasteiger partial charge on any atom is -0.469 e. The molecule has 0 aliphatic carbocycles. The van der Waals surface area contributed by atoms with Gasteiger partial charge >= 0.3 is 5.97 Å².